The van der Waals surface area contributed by atoms with Gasteiger partial charge in [-0.25, -0.2) is 4.79 Å². The van der Waals surface area contributed by atoms with Crippen LogP contribution in [-0.4, -0.2) is 80.4 Å². The number of carbonyl (C=O) groups excluding carboxylic acids is 3. The van der Waals surface area contributed by atoms with E-state index in [4.69, 9.17) is 10.8 Å². The molecule has 2 aromatic carbocycles. The molecule has 0 fully saturated rings. The number of amides is 3. The van der Waals surface area contributed by atoms with Crippen molar-refractivity contribution >= 4 is 29.7 Å². The van der Waals surface area contributed by atoms with Crippen LogP contribution in [0.15, 0.2) is 54.6 Å². The normalized spacial score (nSPS) is 14.6. The van der Waals surface area contributed by atoms with Crippen LogP contribution >= 0.6 is 0 Å². The van der Waals surface area contributed by atoms with Gasteiger partial charge in [0.25, 0.3) is 0 Å². The Kier molecular flexibility index (Phi) is 12.0. The van der Waals surface area contributed by atoms with Gasteiger partial charge in [0, 0.05) is 12.8 Å². The van der Waals surface area contributed by atoms with Crippen LogP contribution in [0.2, 0.25) is 0 Å². The molecule has 3 amide bonds. The number of carbonyl (C=O) groups is 5. The minimum Gasteiger partial charge on any atom is -0.508 e. The summed E-state index contributed by atoms with van der Waals surface area (Å²) in [5.74, 6) is -5.27. The molecule has 0 aliphatic rings. The largest absolute Gasteiger partial charge is 0.508 e. The minimum atomic E-state index is -1.61. The Hall–Kier alpha value is -4.49. The Labute approximate surface area is 230 Å². The average molecular weight is 559 g/mol. The Balaban J connectivity index is 2.11. The van der Waals surface area contributed by atoms with Crippen molar-refractivity contribution in [1.82, 2.24) is 16.0 Å². The first-order valence-corrected chi connectivity index (χ1v) is 12.5. The van der Waals surface area contributed by atoms with Gasteiger partial charge in [-0.2, -0.15) is 0 Å². The Morgan fingerprint density at radius 1 is 0.775 bits per heavy atom. The van der Waals surface area contributed by atoms with Gasteiger partial charge in [-0.15, -0.1) is 0 Å². The molecule has 0 saturated heterocycles. The maximum atomic E-state index is 13.0. The monoisotopic (exact) mass is 558 g/mol. The van der Waals surface area contributed by atoms with Crippen LogP contribution in [0.5, 0.6) is 5.75 Å². The molecule has 5 atom stereocenters. The minimum absolute atomic E-state index is 0.0265. The molecular formula is C27H34N4O9. The third kappa shape index (κ3) is 10.3. The van der Waals surface area contributed by atoms with Crippen LogP contribution in [0.3, 0.4) is 0 Å². The van der Waals surface area contributed by atoms with Gasteiger partial charge in [-0.1, -0.05) is 42.5 Å². The molecule has 9 N–H and O–H groups in total. The highest BCUT2D eigenvalue weighted by molar-refractivity contribution is 5.94. The van der Waals surface area contributed by atoms with Crippen LogP contribution < -0.4 is 21.7 Å². The van der Waals surface area contributed by atoms with Gasteiger partial charge in [0.15, 0.2) is 0 Å². The predicted octanol–water partition coefficient (Wildman–Crippen LogP) is -0.711. The van der Waals surface area contributed by atoms with Gasteiger partial charge >= 0.3 is 11.9 Å². The zero-order valence-electron chi connectivity index (χ0n) is 21.8. The summed E-state index contributed by atoms with van der Waals surface area (Å²) < 4.78 is 0. The second-order valence-corrected chi connectivity index (χ2v) is 9.29. The lowest BCUT2D eigenvalue weighted by Crippen LogP contribution is -2.60. The van der Waals surface area contributed by atoms with Crippen molar-refractivity contribution in [2.24, 2.45) is 5.73 Å². The summed E-state index contributed by atoms with van der Waals surface area (Å²) in [7, 11) is 0. The zero-order chi connectivity index (χ0) is 29.8. The van der Waals surface area contributed by atoms with Gasteiger partial charge < -0.3 is 42.1 Å². The molecule has 2 rings (SSSR count). The number of phenols is 1. The lowest BCUT2D eigenvalue weighted by atomic mass is 10.0. The van der Waals surface area contributed by atoms with Gasteiger partial charge in [-0.3, -0.25) is 19.2 Å². The maximum absolute atomic E-state index is 13.0. The molecule has 0 aliphatic carbocycles. The van der Waals surface area contributed by atoms with Crippen molar-refractivity contribution in [3.8, 4) is 5.75 Å². The number of hydrogen-bond donors (Lipinski definition) is 8. The van der Waals surface area contributed by atoms with Crippen LogP contribution in [0.1, 0.15) is 30.9 Å². The first-order valence-electron chi connectivity index (χ1n) is 12.5. The van der Waals surface area contributed by atoms with Gasteiger partial charge in [0.05, 0.1) is 12.1 Å². The number of rotatable bonds is 15. The molecule has 0 aliphatic heterocycles. The zero-order valence-corrected chi connectivity index (χ0v) is 21.8. The molecule has 5 unspecified atom stereocenters. The number of benzene rings is 2. The molecule has 0 radical (unpaired) electrons. The summed E-state index contributed by atoms with van der Waals surface area (Å²) in [5, 5.41) is 45.2. The lowest BCUT2D eigenvalue weighted by molar-refractivity contribution is -0.143. The quantitative estimate of drug-likeness (QED) is 0.137. The summed E-state index contributed by atoms with van der Waals surface area (Å²) in [6, 6.07) is 8.93. The standard InChI is InChI=1S/C27H34N4O9/c1-15(32)23(26(38)30-21(27(39)40)14-16-5-3-2-4-6-16)31-25(37)20(11-12-22(34)35)29-24(36)19(28)13-17-7-9-18(33)10-8-17/h2-10,15,19-21,23,32-33H,11-14,28H2,1H3,(H,29,36)(H,30,38)(H,31,37)(H,34,35)(H,39,40). The molecule has 13 heteroatoms. The Morgan fingerprint density at radius 2 is 1.35 bits per heavy atom. The molecule has 0 aromatic heterocycles. The summed E-state index contributed by atoms with van der Waals surface area (Å²) >= 11 is 0. The van der Waals surface area contributed by atoms with Crippen LogP contribution in [0, 0.1) is 0 Å². The van der Waals surface area contributed by atoms with Crippen molar-refractivity contribution in [2.75, 3.05) is 0 Å². The smallest absolute Gasteiger partial charge is 0.326 e. The third-order valence-corrected chi connectivity index (χ3v) is 5.97. The molecule has 2 aromatic rings. The number of phenolic OH excluding ortho intramolecular Hbond substituents is 1. The fourth-order valence-corrected chi connectivity index (χ4v) is 3.76. The van der Waals surface area contributed by atoms with Gasteiger partial charge in [-0.05, 0) is 43.0 Å². The highest BCUT2D eigenvalue weighted by atomic mass is 16.4. The number of nitrogens with two attached hydrogens (primary N) is 1. The topological polar surface area (TPSA) is 228 Å². The SMILES string of the molecule is CC(O)C(NC(=O)C(CCC(=O)O)NC(=O)C(N)Cc1ccc(O)cc1)C(=O)NC(Cc1ccccc1)C(=O)O. The predicted molar refractivity (Wildman–Crippen MR) is 142 cm³/mol. The molecular weight excluding hydrogens is 524 g/mol. The van der Waals surface area contributed by atoms with E-state index in [-0.39, 0.29) is 25.0 Å². The lowest BCUT2D eigenvalue weighted by Gasteiger charge is -2.26. The second-order valence-electron chi connectivity index (χ2n) is 9.29. The van der Waals surface area contributed by atoms with E-state index in [2.05, 4.69) is 16.0 Å². The maximum Gasteiger partial charge on any atom is 0.326 e. The van der Waals surface area contributed by atoms with E-state index >= 15 is 0 Å². The number of aromatic hydroxyl groups is 1. The Morgan fingerprint density at radius 3 is 1.90 bits per heavy atom. The first-order chi connectivity index (χ1) is 18.9. The summed E-state index contributed by atoms with van der Waals surface area (Å²) in [4.78, 5) is 61.6. The number of aliphatic hydroxyl groups excluding tert-OH is 1. The van der Waals surface area contributed by atoms with Crippen LogP contribution in [0.25, 0.3) is 0 Å². The summed E-state index contributed by atoms with van der Waals surface area (Å²) in [5.41, 5.74) is 7.21. The molecule has 216 valence electrons. The fraction of sp³-hybridized carbons (Fsp3) is 0.370. The highest BCUT2D eigenvalue weighted by Gasteiger charge is 2.33. The molecule has 0 saturated carbocycles. The van der Waals surface area contributed by atoms with E-state index < -0.39 is 66.4 Å². The molecule has 0 spiro atoms. The number of hydrogen-bond acceptors (Lipinski definition) is 8. The van der Waals surface area contributed by atoms with E-state index in [1.54, 1.807) is 42.5 Å². The van der Waals surface area contributed by atoms with E-state index in [1.807, 2.05) is 0 Å². The fourth-order valence-electron chi connectivity index (χ4n) is 3.76. The third-order valence-electron chi connectivity index (χ3n) is 5.97. The number of carboxylic acid groups (broad SMARTS) is 2. The van der Waals surface area contributed by atoms with E-state index in [9.17, 15) is 39.3 Å². The molecule has 13 nitrogen and oxygen atoms in total. The van der Waals surface area contributed by atoms with Gasteiger partial charge in [0.2, 0.25) is 17.7 Å². The van der Waals surface area contributed by atoms with Crippen molar-refractivity contribution in [2.45, 2.75) is 62.9 Å². The number of aliphatic hydroxyl groups is 1. The summed E-state index contributed by atoms with van der Waals surface area (Å²) in [6.45, 7) is 1.20. The molecule has 40 heavy (non-hydrogen) atoms. The van der Waals surface area contributed by atoms with Crippen LogP contribution in [0.4, 0.5) is 0 Å². The van der Waals surface area contributed by atoms with Crippen LogP contribution in [-0.2, 0) is 36.8 Å². The summed E-state index contributed by atoms with van der Waals surface area (Å²) in [6.07, 6.45) is -2.33. The van der Waals surface area contributed by atoms with Crippen molar-refractivity contribution in [3.63, 3.8) is 0 Å². The molecule has 0 heterocycles. The number of aliphatic carboxylic acids is 2. The van der Waals surface area contributed by atoms with Gasteiger partial charge in [0.1, 0.15) is 23.9 Å². The molecule has 0 bridgehead atoms. The van der Waals surface area contributed by atoms with E-state index in [1.165, 1.54) is 19.1 Å². The van der Waals surface area contributed by atoms with Crippen molar-refractivity contribution in [3.05, 3.63) is 65.7 Å². The number of carboxylic acids is 2. The average Bonchev–Trinajstić information content (AvgIpc) is 2.90. The van der Waals surface area contributed by atoms with Crippen molar-refractivity contribution < 1.29 is 44.4 Å². The second kappa shape index (κ2) is 15.2. The van der Waals surface area contributed by atoms with Crippen molar-refractivity contribution in [1.29, 1.82) is 0 Å². The van der Waals surface area contributed by atoms with E-state index in [0.29, 0.717) is 11.1 Å². The first kappa shape index (κ1) is 31.7. The number of nitrogens with one attached hydrogen (secondary N) is 3. The van der Waals surface area contributed by atoms with E-state index in [0.717, 1.165) is 0 Å². The Bertz CT molecular complexity index is 1170. The highest BCUT2D eigenvalue weighted by Crippen LogP contribution is 2.11.